The average Bonchev–Trinajstić information content (AvgIpc) is 2.78. The Morgan fingerprint density at radius 3 is 2.58 bits per heavy atom. The maximum atomic E-state index is 6.05. The zero-order chi connectivity index (χ0) is 13.8. The Bertz CT molecular complexity index is 503. The van der Waals surface area contributed by atoms with Gasteiger partial charge in [0.15, 0.2) is 0 Å². The summed E-state index contributed by atoms with van der Waals surface area (Å²) in [5.41, 5.74) is 3.34. The lowest BCUT2D eigenvalue weighted by Crippen LogP contribution is -2.45. The highest BCUT2D eigenvalue weighted by atomic mass is 35.5. The molecule has 3 rings (SSSR count). The molecule has 0 heterocycles. The van der Waals surface area contributed by atoms with Crippen LogP contribution in [0.3, 0.4) is 0 Å². The highest BCUT2D eigenvalue weighted by molar-refractivity contribution is 6.30. The first-order valence-corrected chi connectivity index (χ1v) is 7.73. The summed E-state index contributed by atoms with van der Waals surface area (Å²) in [6, 6.07) is 6.73. The van der Waals surface area contributed by atoms with Gasteiger partial charge in [0.1, 0.15) is 0 Å². The minimum absolute atomic E-state index is 0.388. The number of benzene rings is 1. The van der Waals surface area contributed by atoms with Crippen molar-refractivity contribution in [2.45, 2.75) is 53.0 Å². The first-order valence-electron chi connectivity index (χ1n) is 7.36. The summed E-state index contributed by atoms with van der Waals surface area (Å²) in [5, 5.41) is 4.66. The van der Waals surface area contributed by atoms with Crippen LogP contribution in [0.2, 0.25) is 5.02 Å². The van der Waals surface area contributed by atoms with Gasteiger partial charge in [-0.3, -0.25) is 0 Å². The van der Waals surface area contributed by atoms with Crippen molar-refractivity contribution in [2.75, 3.05) is 5.32 Å². The molecule has 2 bridgehead atoms. The largest absolute Gasteiger partial charge is 0.381 e. The van der Waals surface area contributed by atoms with Gasteiger partial charge < -0.3 is 5.32 Å². The predicted octanol–water partition coefficient (Wildman–Crippen LogP) is 5.28. The third-order valence-corrected chi connectivity index (χ3v) is 5.99. The van der Waals surface area contributed by atoms with E-state index >= 15 is 0 Å². The Labute approximate surface area is 121 Å². The third kappa shape index (κ3) is 1.98. The fourth-order valence-corrected chi connectivity index (χ4v) is 4.83. The number of halogens is 1. The molecule has 104 valence electrons. The molecular formula is C17H24ClN. The number of fused-ring (bicyclic) bond motifs is 2. The van der Waals surface area contributed by atoms with E-state index in [4.69, 9.17) is 11.6 Å². The topological polar surface area (TPSA) is 12.0 Å². The van der Waals surface area contributed by atoms with Gasteiger partial charge in [0.2, 0.25) is 0 Å². The normalized spacial score (nSPS) is 35.6. The van der Waals surface area contributed by atoms with Gasteiger partial charge in [-0.15, -0.1) is 0 Å². The van der Waals surface area contributed by atoms with Crippen LogP contribution in [0.25, 0.3) is 0 Å². The Balaban J connectivity index is 1.90. The van der Waals surface area contributed by atoms with E-state index in [1.165, 1.54) is 30.5 Å². The van der Waals surface area contributed by atoms with E-state index < -0.39 is 0 Å². The number of nitrogens with one attached hydrogen (secondary N) is 1. The second kappa shape index (κ2) is 4.15. The van der Waals surface area contributed by atoms with Crippen molar-refractivity contribution in [1.29, 1.82) is 0 Å². The highest BCUT2D eigenvalue weighted by Crippen LogP contribution is 2.63. The van der Waals surface area contributed by atoms with Crippen LogP contribution < -0.4 is 5.32 Å². The van der Waals surface area contributed by atoms with E-state index in [-0.39, 0.29) is 0 Å². The van der Waals surface area contributed by atoms with Gasteiger partial charge in [0.05, 0.1) is 0 Å². The molecule has 3 atom stereocenters. The van der Waals surface area contributed by atoms with Crippen molar-refractivity contribution in [2.24, 2.45) is 16.7 Å². The molecular weight excluding hydrogens is 254 g/mol. The first-order chi connectivity index (χ1) is 8.83. The number of anilines is 1. The summed E-state index contributed by atoms with van der Waals surface area (Å²) in [6.45, 7) is 9.47. The van der Waals surface area contributed by atoms with Crippen LogP contribution in [-0.4, -0.2) is 6.04 Å². The minimum Gasteiger partial charge on any atom is -0.381 e. The number of rotatable bonds is 2. The lowest BCUT2D eigenvalue weighted by Gasteiger charge is -2.44. The molecule has 0 radical (unpaired) electrons. The van der Waals surface area contributed by atoms with Crippen LogP contribution in [0.4, 0.5) is 5.69 Å². The third-order valence-electron chi connectivity index (χ3n) is 5.76. The van der Waals surface area contributed by atoms with Gasteiger partial charge >= 0.3 is 0 Å². The van der Waals surface area contributed by atoms with Crippen molar-refractivity contribution in [3.05, 3.63) is 28.8 Å². The molecule has 1 N–H and O–H groups in total. The summed E-state index contributed by atoms with van der Waals surface area (Å²) in [7, 11) is 0. The van der Waals surface area contributed by atoms with Gasteiger partial charge in [-0.05, 0) is 66.7 Å². The van der Waals surface area contributed by atoms with E-state index in [2.05, 4.69) is 39.1 Å². The summed E-state index contributed by atoms with van der Waals surface area (Å²) in [6.07, 6.45) is 4.15. The minimum atomic E-state index is 0.388. The molecule has 2 heteroatoms. The van der Waals surface area contributed by atoms with E-state index in [9.17, 15) is 0 Å². The molecule has 3 unspecified atom stereocenters. The van der Waals surface area contributed by atoms with Crippen LogP contribution in [0.5, 0.6) is 0 Å². The van der Waals surface area contributed by atoms with Crippen LogP contribution in [0, 0.1) is 23.7 Å². The van der Waals surface area contributed by atoms with Crippen molar-refractivity contribution in [3.8, 4) is 0 Å². The lowest BCUT2D eigenvalue weighted by molar-refractivity contribution is 0.155. The van der Waals surface area contributed by atoms with Crippen molar-refractivity contribution < 1.29 is 0 Å². The van der Waals surface area contributed by atoms with Gasteiger partial charge in [0.25, 0.3) is 0 Å². The number of aryl methyl sites for hydroxylation is 1. The SMILES string of the molecule is Cc1cc(Cl)ccc1NC1C2(C)CCC(C2)C1(C)C. The predicted molar refractivity (Wildman–Crippen MR) is 82.8 cm³/mol. The fraction of sp³-hybridized carbons (Fsp3) is 0.647. The smallest absolute Gasteiger partial charge is 0.0410 e. The molecule has 0 aromatic heterocycles. The van der Waals surface area contributed by atoms with E-state index in [1.54, 1.807) is 0 Å². The maximum absolute atomic E-state index is 6.05. The molecule has 0 saturated heterocycles. The Kier molecular flexibility index (Phi) is 2.91. The quantitative estimate of drug-likeness (QED) is 0.776. The second-order valence-electron chi connectivity index (χ2n) is 7.45. The summed E-state index contributed by atoms with van der Waals surface area (Å²) < 4.78 is 0. The molecule has 0 spiro atoms. The first kappa shape index (κ1) is 13.3. The number of hydrogen-bond acceptors (Lipinski definition) is 1. The molecule has 1 nitrogen and oxygen atoms in total. The van der Waals surface area contributed by atoms with E-state index in [0.29, 0.717) is 16.9 Å². The Morgan fingerprint density at radius 2 is 2.00 bits per heavy atom. The number of hydrogen-bond donors (Lipinski definition) is 1. The van der Waals surface area contributed by atoms with Crippen LogP contribution in [0.15, 0.2) is 18.2 Å². The van der Waals surface area contributed by atoms with Gasteiger partial charge in [-0.25, -0.2) is 0 Å². The van der Waals surface area contributed by atoms with Gasteiger partial charge in [-0.1, -0.05) is 32.4 Å². The molecule has 2 aliphatic rings. The molecule has 19 heavy (non-hydrogen) atoms. The van der Waals surface area contributed by atoms with Crippen LogP contribution >= 0.6 is 11.6 Å². The summed E-state index contributed by atoms with van der Waals surface area (Å²) >= 11 is 6.05. The van der Waals surface area contributed by atoms with Gasteiger partial charge in [0, 0.05) is 16.8 Å². The summed E-state index contributed by atoms with van der Waals surface area (Å²) in [4.78, 5) is 0. The zero-order valence-corrected chi connectivity index (χ0v) is 13.1. The molecule has 1 aromatic carbocycles. The van der Waals surface area contributed by atoms with Crippen LogP contribution in [-0.2, 0) is 0 Å². The Hall–Kier alpha value is -0.690. The molecule has 0 amide bonds. The molecule has 0 aliphatic heterocycles. The highest BCUT2D eigenvalue weighted by Gasteiger charge is 2.59. The standard InChI is InChI=1S/C17H24ClN/c1-11-9-13(18)5-6-14(11)19-15-16(2,3)12-7-8-17(15,4)10-12/h5-6,9,12,15,19H,7-8,10H2,1-4H3. The van der Waals surface area contributed by atoms with Crippen LogP contribution in [0.1, 0.15) is 45.6 Å². The molecule has 2 aliphatic carbocycles. The second-order valence-corrected chi connectivity index (χ2v) is 7.89. The molecule has 2 saturated carbocycles. The fourth-order valence-electron chi connectivity index (χ4n) is 4.61. The van der Waals surface area contributed by atoms with Crippen molar-refractivity contribution in [1.82, 2.24) is 0 Å². The zero-order valence-electron chi connectivity index (χ0n) is 12.4. The van der Waals surface area contributed by atoms with Gasteiger partial charge in [-0.2, -0.15) is 0 Å². The van der Waals surface area contributed by atoms with Crippen molar-refractivity contribution >= 4 is 17.3 Å². The average molecular weight is 278 g/mol. The maximum Gasteiger partial charge on any atom is 0.0410 e. The van der Waals surface area contributed by atoms with E-state index in [1.807, 2.05) is 12.1 Å². The van der Waals surface area contributed by atoms with Crippen molar-refractivity contribution in [3.63, 3.8) is 0 Å². The molecule has 1 aromatic rings. The van der Waals surface area contributed by atoms with E-state index in [0.717, 1.165) is 10.9 Å². The summed E-state index contributed by atoms with van der Waals surface area (Å²) in [5.74, 6) is 0.877. The molecule has 2 fully saturated rings. The monoisotopic (exact) mass is 277 g/mol. The lowest BCUT2D eigenvalue weighted by atomic mass is 9.68. The Morgan fingerprint density at radius 1 is 1.26 bits per heavy atom.